The molecule has 0 amide bonds. The molecule has 0 spiro atoms. The van der Waals surface area contributed by atoms with E-state index in [0.29, 0.717) is 0 Å². The first-order valence-corrected chi connectivity index (χ1v) is 15.7. The van der Waals surface area contributed by atoms with Crippen LogP contribution in [0.2, 0.25) is 0 Å². The van der Waals surface area contributed by atoms with E-state index in [-0.39, 0.29) is 0 Å². The van der Waals surface area contributed by atoms with Crippen LogP contribution in [-0.4, -0.2) is 0 Å². The average Bonchev–Trinajstić information content (AvgIpc) is 3.69. The lowest BCUT2D eigenvalue weighted by Crippen LogP contribution is -1.91. The van der Waals surface area contributed by atoms with E-state index in [9.17, 15) is 0 Å². The summed E-state index contributed by atoms with van der Waals surface area (Å²) in [5.74, 6) is 0. The van der Waals surface area contributed by atoms with Crippen LogP contribution >= 0.6 is 0 Å². The fourth-order valence-electron chi connectivity index (χ4n) is 7.46. The van der Waals surface area contributed by atoms with E-state index in [1.54, 1.807) is 0 Å². The minimum absolute atomic E-state index is 0.849. The van der Waals surface area contributed by atoms with Gasteiger partial charge in [-0.25, -0.2) is 0 Å². The van der Waals surface area contributed by atoms with Crippen LogP contribution in [0.15, 0.2) is 167 Å². The molecule has 0 saturated heterocycles. The molecule has 0 aliphatic carbocycles. The number of para-hydroxylation sites is 2. The third-order valence-electron chi connectivity index (χ3n) is 9.45. The van der Waals surface area contributed by atoms with Crippen molar-refractivity contribution < 1.29 is 8.83 Å². The number of fused-ring (bicyclic) bond motifs is 9. The molecule has 8 aromatic carbocycles. The highest BCUT2D eigenvalue weighted by molar-refractivity contribution is 6.29. The predicted octanol–water partition coefficient (Wildman–Crippen LogP) is 12.8. The minimum atomic E-state index is 0.849. The fraction of sp³-hybridized carbons (Fsp3) is 0. The summed E-state index contributed by atoms with van der Waals surface area (Å²) in [6.07, 6.45) is 0. The Labute approximate surface area is 264 Å². The maximum Gasteiger partial charge on any atom is 0.147 e. The Morgan fingerprint density at radius 1 is 0.304 bits per heavy atom. The highest BCUT2D eigenvalue weighted by Gasteiger charge is 2.24. The molecule has 0 N–H and O–H groups in total. The molecule has 10 aromatic rings. The van der Waals surface area contributed by atoms with Gasteiger partial charge in [-0.15, -0.1) is 0 Å². The Morgan fingerprint density at radius 2 is 0.804 bits per heavy atom. The Bertz CT molecular complexity index is 2740. The molecule has 2 heteroatoms. The third kappa shape index (κ3) is 3.59. The molecule has 0 bridgehead atoms. The molecule has 2 heterocycles. The minimum Gasteiger partial charge on any atom is -0.455 e. The van der Waals surface area contributed by atoms with Crippen LogP contribution in [0.25, 0.3) is 98.8 Å². The zero-order chi connectivity index (χ0) is 30.2. The van der Waals surface area contributed by atoms with Gasteiger partial charge in [-0.05, 0) is 68.1 Å². The fourth-order valence-corrected chi connectivity index (χ4v) is 7.46. The van der Waals surface area contributed by atoms with Crippen molar-refractivity contribution >= 4 is 65.4 Å². The van der Waals surface area contributed by atoms with E-state index >= 15 is 0 Å². The predicted molar refractivity (Wildman–Crippen MR) is 192 cm³/mol. The average molecular weight is 587 g/mol. The van der Waals surface area contributed by atoms with Gasteiger partial charge in [0.15, 0.2) is 0 Å². The first kappa shape index (κ1) is 25.2. The van der Waals surface area contributed by atoms with Crippen LogP contribution in [0.4, 0.5) is 0 Å². The molecule has 0 aliphatic rings. The molecule has 0 unspecified atom stereocenters. The van der Waals surface area contributed by atoms with E-state index in [4.69, 9.17) is 8.83 Å². The van der Waals surface area contributed by atoms with Gasteiger partial charge in [0.25, 0.3) is 0 Å². The van der Waals surface area contributed by atoms with Gasteiger partial charge in [-0.2, -0.15) is 0 Å². The third-order valence-corrected chi connectivity index (χ3v) is 9.45. The SMILES string of the molecule is c1ccc(-c2cccc(-c3c4ccccc4c(-c4cc5c6ccccc6oc5c5c4oc4ccccc45)c4ccccc34)c2)cc1. The van der Waals surface area contributed by atoms with E-state index in [0.717, 1.165) is 49.4 Å². The monoisotopic (exact) mass is 586 g/mol. The van der Waals surface area contributed by atoms with Crippen molar-refractivity contribution in [2.45, 2.75) is 0 Å². The Hall–Kier alpha value is -6.12. The maximum absolute atomic E-state index is 6.76. The van der Waals surface area contributed by atoms with Crippen molar-refractivity contribution in [2.75, 3.05) is 0 Å². The maximum atomic E-state index is 6.76. The standard InChI is InChI=1S/C44H26O2/c1-2-13-27(14-3-1)28-15-12-16-29(25-28)40-31-18-4-6-20-33(31)41(34-21-7-5-19-32(34)40)37-26-36-30-17-8-10-23-38(30)45-43(36)42-35-22-9-11-24-39(35)46-44(37)42/h1-26H. The summed E-state index contributed by atoms with van der Waals surface area (Å²) < 4.78 is 13.3. The van der Waals surface area contributed by atoms with Crippen molar-refractivity contribution in [1.82, 2.24) is 0 Å². The highest BCUT2D eigenvalue weighted by Crippen LogP contribution is 2.49. The lowest BCUT2D eigenvalue weighted by molar-refractivity contribution is 0.663. The number of benzene rings is 8. The Balaban J connectivity index is 1.36. The second kappa shape index (κ2) is 9.69. The molecule has 0 atom stereocenters. The molecule has 2 nitrogen and oxygen atoms in total. The molecule has 0 radical (unpaired) electrons. The number of hydrogen-bond acceptors (Lipinski definition) is 2. The molecular weight excluding hydrogens is 560 g/mol. The zero-order valence-corrected chi connectivity index (χ0v) is 24.8. The summed E-state index contributed by atoms with van der Waals surface area (Å²) >= 11 is 0. The van der Waals surface area contributed by atoms with Crippen LogP contribution in [0, 0.1) is 0 Å². The van der Waals surface area contributed by atoms with Crippen LogP contribution in [0.3, 0.4) is 0 Å². The van der Waals surface area contributed by atoms with Crippen molar-refractivity contribution in [2.24, 2.45) is 0 Å². The summed E-state index contributed by atoms with van der Waals surface area (Å²) in [4.78, 5) is 0. The molecule has 0 fully saturated rings. The topological polar surface area (TPSA) is 26.3 Å². The lowest BCUT2D eigenvalue weighted by atomic mass is 9.84. The quantitative estimate of drug-likeness (QED) is 0.193. The Morgan fingerprint density at radius 3 is 1.50 bits per heavy atom. The highest BCUT2D eigenvalue weighted by atomic mass is 16.3. The zero-order valence-electron chi connectivity index (χ0n) is 24.8. The van der Waals surface area contributed by atoms with Gasteiger partial charge in [0, 0.05) is 27.3 Å². The largest absolute Gasteiger partial charge is 0.455 e. The first-order chi connectivity index (χ1) is 22.8. The van der Waals surface area contributed by atoms with Crippen LogP contribution in [0.1, 0.15) is 0 Å². The molecule has 10 rings (SSSR count). The van der Waals surface area contributed by atoms with E-state index < -0.39 is 0 Å². The summed E-state index contributed by atoms with van der Waals surface area (Å²) in [6, 6.07) is 56.0. The molecule has 46 heavy (non-hydrogen) atoms. The van der Waals surface area contributed by atoms with Crippen LogP contribution < -0.4 is 0 Å². The normalized spacial score (nSPS) is 11.9. The van der Waals surface area contributed by atoms with Gasteiger partial charge in [-0.1, -0.05) is 133 Å². The summed E-state index contributed by atoms with van der Waals surface area (Å²) in [6.45, 7) is 0. The lowest BCUT2D eigenvalue weighted by Gasteiger charge is -2.18. The van der Waals surface area contributed by atoms with Crippen molar-refractivity contribution in [3.8, 4) is 33.4 Å². The summed E-state index contributed by atoms with van der Waals surface area (Å²) in [7, 11) is 0. The second-order valence-electron chi connectivity index (χ2n) is 12.0. The number of rotatable bonds is 3. The van der Waals surface area contributed by atoms with Gasteiger partial charge >= 0.3 is 0 Å². The molecule has 0 saturated carbocycles. The van der Waals surface area contributed by atoms with Crippen molar-refractivity contribution in [3.05, 3.63) is 158 Å². The smallest absolute Gasteiger partial charge is 0.147 e. The van der Waals surface area contributed by atoms with Gasteiger partial charge in [-0.3, -0.25) is 0 Å². The summed E-state index contributed by atoms with van der Waals surface area (Å²) in [5, 5.41) is 9.08. The molecule has 214 valence electrons. The van der Waals surface area contributed by atoms with E-state index in [2.05, 4.69) is 133 Å². The van der Waals surface area contributed by atoms with Gasteiger partial charge in [0.2, 0.25) is 0 Å². The van der Waals surface area contributed by atoms with E-state index in [1.165, 1.54) is 49.4 Å². The van der Waals surface area contributed by atoms with Gasteiger partial charge in [0.05, 0.1) is 5.39 Å². The molecule has 0 aliphatic heterocycles. The van der Waals surface area contributed by atoms with Crippen molar-refractivity contribution in [3.63, 3.8) is 0 Å². The summed E-state index contributed by atoms with van der Waals surface area (Å²) in [5.41, 5.74) is 10.6. The van der Waals surface area contributed by atoms with Crippen LogP contribution in [-0.2, 0) is 0 Å². The second-order valence-corrected chi connectivity index (χ2v) is 12.0. The molecular formula is C44H26O2. The van der Waals surface area contributed by atoms with Gasteiger partial charge < -0.3 is 8.83 Å². The number of hydrogen-bond donors (Lipinski definition) is 0. The molecule has 2 aromatic heterocycles. The van der Waals surface area contributed by atoms with E-state index in [1.807, 2.05) is 24.3 Å². The first-order valence-electron chi connectivity index (χ1n) is 15.7. The van der Waals surface area contributed by atoms with Crippen LogP contribution in [0.5, 0.6) is 0 Å². The van der Waals surface area contributed by atoms with Gasteiger partial charge in [0.1, 0.15) is 22.3 Å². The number of furan rings is 2. The van der Waals surface area contributed by atoms with Crippen molar-refractivity contribution in [1.29, 1.82) is 0 Å². The Kier molecular flexibility index (Phi) is 5.31.